The van der Waals surface area contributed by atoms with Crippen LogP contribution >= 0.6 is 24.0 Å². The summed E-state index contributed by atoms with van der Waals surface area (Å²) in [5, 5.41) is 5.64. The number of nitrogens with zero attached hydrogens (tertiary/aromatic N) is 1. The largest absolute Gasteiger partial charge is 0.462 e. The van der Waals surface area contributed by atoms with Gasteiger partial charge < -0.3 is 9.73 Å². The first-order valence-corrected chi connectivity index (χ1v) is 8.62. The fourth-order valence-electron chi connectivity index (χ4n) is 2.89. The first-order valence-electron chi connectivity index (χ1n) is 7.27. The SMILES string of the molecule is Cc1ccc(C2=CSC3NC(=S)N(c4ccccc4)C(=O)C23)o1. The number of carbonyl (C=O) groups is 1. The molecule has 4 rings (SSSR count). The van der Waals surface area contributed by atoms with Crippen LogP contribution in [0.1, 0.15) is 11.5 Å². The number of carbonyl (C=O) groups excluding carboxylic acids is 1. The van der Waals surface area contributed by atoms with Crippen molar-refractivity contribution >= 4 is 46.3 Å². The predicted molar refractivity (Wildman–Crippen MR) is 96.0 cm³/mol. The highest BCUT2D eigenvalue weighted by atomic mass is 32.2. The van der Waals surface area contributed by atoms with Crippen molar-refractivity contribution in [3.05, 3.63) is 59.4 Å². The zero-order valence-corrected chi connectivity index (χ0v) is 14.0. The second-order valence-corrected chi connectivity index (χ2v) is 6.88. The van der Waals surface area contributed by atoms with Gasteiger partial charge in [-0.1, -0.05) is 18.2 Å². The number of nitrogens with one attached hydrogen (secondary N) is 1. The van der Waals surface area contributed by atoms with Crippen molar-refractivity contribution in [2.75, 3.05) is 4.90 Å². The summed E-state index contributed by atoms with van der Waals surface area (Å²) in [7, 11) is 0. The van der Waals surface area contributed by atoms with Gasteiger partial charge in [0.05, 0.1) is 17.0 Å². The van der Waals surface area contributed by atoms with Gasteiger partial charge in [-0.3, -0.25) is 9.69 Å². The molecule has 4 nitrogen and oxygen atoms in total. The molecule has 2 aliphatic heterocycles. The summed E-state index contributed by atoms with van der Waals surface area (Å²) < 4.78 is 5.72. The minimum atomic E-state index is -0.308. The Bertz CT molecular complexity index is 813. The maximum Gasteiger partial charge on any atom is 0.244 e. The third-order valence-corrected chi connectivity index (χ3v) is 5.35. The summed E-state index contributed by atoms with van der Waals surface area (Å²) in [5.41, 5.74) is 1.69. The van der Waals surface area contributed by atoms with Gasteiger partial charge in [-0.05, 0) is 48.8 Å². The van der Waals surface area contributed by atoms with Gasteiger partial charge in [-0.15, -0.1) is 11.8 Å². The Hall–Kier alpha value is -2.05. The summed E-state index contributed by atoms with van der Waals surface area (Å²) in [4.78, 5) is 14.7. The Kier molecular flexibility index (Phi) is 3.50. The van der Waals surface area contributed by atoms with Gasteiger partial charge in [0.25, 0.3) is 0 Å². The maximum absolute atomic E-state index is 13.1. The number of furan rings is 1. The lowest BCUT2D eigenvalue weighted by Crippen LogP contribution is -2.58. The maximum atomic E-state index is 13.1. The van der Waals surface area contributed by atoms with E-state index in [1.807, 2.05) is 54.8 Å². The second-order valence-electron chi connectivity index (χ2n) is 5.48. The van der Waals surface area contributed by atoms with Crippen LogP contribution < -0.4 is 10.2 Å². The zero-order chi connectivity index (χ0) is 16.0. The molecule has 2 aliphatic rings. The molecule has 2 unspecified atom stereocenters. The van der Waals surface area contributed by atoms with Crippen molar-refractivity contribution in [2.45, 2.75) is 12.3 Å². The molecule has 2 aromatic rings. The number of hydrogen-bond acceptors (Lipinski definition) is 4. The van der Waals surface area contributed by atoms with Crippen molar-refractivity contribution < 1.29 is 9.21 Å². The summed E-state index contributed by atoms with van der Waals surface area (Å²) in [5.74, 6) is 1.26. The van der Waals surface area contributed by atoms with E-state index in [0.29, 0.717) is 5.11 Å². The Morgan fingerprint density at radius 3 is 2.70 bits per heavy atom. The lowest BCUT2D eigenvalue weighted by atomic mass is 9.95. The van der Waals surface area contributed by atoms with E-state index >= 15 is 0 Å². The highest BCUT2D eigenvalue weighted by Gasteiger charge is 2.46. The molecule has 0 radical (unpaired) electrons. The molecule has 1 amide bonds. The molecule has 2 atom stereocenters. The summed E-state index contributed by atoms with van der Waals surface area (Å²) in [6.45, 7) is 1.90. The average Bonchev–Trinajstić information content (AvgIpc) is 3.14. The number of para-hydroxylation sites is 1. The van der Waals surface area contributed by atoms with E-state index in [2.05, 4.69) is 5.32 Å². The van der Waals surface area contributed by atoms with Crippen LogP contribution in [-0.4, -0.2) is 16.4 Å². The monoisotopic (exact) mass is 342 g/mol. The third-order valence-electron chi connectivity index (χ3n) is 3.97. The molecule has 3 heterocycles. The minimum absolute atomic E-state index is 0.0183. The van der Waals surface area contributed by atoms with Crippen LogP contribution in [0.15, 0.2) is 52.3 Å². The van der Waals surface area contributed by atoms with E-state index in [1.54, 1.807) is 16.7 Å². The lowest BCUT2D eigenvalue weighted by Gasteiger charge is -2.36. The number of anilines is 1. The van der Waals surface area contributed by atoms with Gasteiger partial charge in [0.15, 0.2) is 5.11 Å². The zero-order valence-electron chi connectivity index (χ0n) is 12.4. The summed E-state index contributed by atoms with van der Waals surface area (Å²) in [6, 6.07) is 13.3. The summed E-state index contributed by atoms with van der Waals surface area (Å²) in [6.07, 6.45) is 0. The van der Waals surface area contributed by atoms with Crippen LogP contribution in [0.4, 0.5) is 5.69 Å². The van der Waals surface area contributed by atoms with Crippen LogP contribution in [-0.2, 0) is 4.79 Å². The van der Waals surface area contributed by atoms with E-state index in [0.717, 1.165) is 22.8 Å². The molecule has 116 valence electrons. The topological polar surface area (TPSA) is 45.5 Å². The highest BCUT2D eigenvalue weighted by Crippen LogP contribution is 2.44. The molecule has 1 aromatic heterocycles. The van der Waals surface area contributed by atoms with Crippen LogP contribution in [0.5, 0.6) is 0 Å². The van der Waals surface area contributed by atoms with E-state index < -0.39 is 0 Å². The first kappa shape index (κ1) is 14.5. The molecule has 23 heavy (non-hydrogen) atoms. The highest BCUT2D eigenvalue weighted by molar-refractivity contribution is 8.03. The van der Waals surface area contributed by atoms with Crippen LogP contribution in [0.25, 0.3) is 5.57 Å². The number of thioether (sulfide) groups is 1. The van der Waals surface area contributed by atoms with Gasteiger partial charge in [0.2, 0.25) is 5.91 Å². The fraction of sp³-hybridized carbons (Fsp3) is 0.176. The van der Waals surface area contributed by atoms with E-state index in [4.69, 9.17) is 16.6 Å². The molecule has 0 spiro atoms. The second kappa shape index (κ2) is 5.54. The van der Waals surface area contributed by atoms with E-state index in [9.17, 15) is 4.79 Å². The lowest BCUT2D eigenvalue weighted by molar-refractivity contribution is -0.120. The number of hydrogen-bond donors (Lipinski definition) is 1. The Morgan fingerprint density at radius 2 is 2.00 bits per heavy atom. The molecular formula is C17H14N2O2S2. The number of fused-ring (bicyclic) bond motifs is 1. The normalized spacial score (nSPS) is 23.5. The average molecular weight is 342 g/mol. The molecule has 1 fully saturated rings. The van der Waals surface area contributed by atoms with Crippen LogP contribution in [0, 0.1) is 12.8 Å². The van der Waals surface area contributed by atoms with Gasteiger partial charge in [-0.25, -0.2) is 0 Å². The molecule has 6 heteroatoms. The van der Waals surface area contributed by atoms with Gasteiger partial charge in [0, 0.05) is 5.57 Å². The number of aryl methyl sites for hydroxylation is 1. The number of thiocarbonyl (C=S) groups is 1. The van der Waals surface area contributed by atoms with Gasteiger partial charge in [-0.2, -0.15) is 0 Å². The Labute approximate surface area is 143 Å². The molecule has 1 aromatic carbocycles. The predicted octanol–water partition coefficient (Wildman–Crippen LogP) is 3.54. The van der Waals surface area contributed by atoms with Crippen molar-refractivity contribution in [3.63, 3.8) is 0 Å². The first-order chi connectivity index (χ1) is 11.1. The van der Waals surface area contributed by atoms with Gasteiger partial charge >= 0.3 is 0 Å². The minimum Gasteiger partial charge on any atom is -0.462 e. The molecule has 0 bridgehead atoms. The summed E-state index contributed by atoms with van der Waals surface area (Å²) >= 11 is 6.98. The smallest absolute Gasteiger partial charge is 0.244 e. The fourth-order valence-corrected chi connectivity index (χ4v) is 4.44. The van der Waals surface area contributed by atoms with Gasteiger partial charge in [0.1, 0.15) is 11.5 Å². The van der Waals surface area contributed by atoms with Crippen LogP contribution in [0.3, 0.4) is 0 Å². The third kappa shape index (κ3) is 2.38. The standard InChI is InChI=1S/C17H14N2O2S2/c1-10-7-8-13(21-10)12-9-23-15-14(12)16(20)19(17(22)18-15)11-5-3-2-4-6-11/h2-9,14-15H,1H3,(H,18,22). The Morgan fingerprint density at radius 1 is 1.22 bits per heavy atom. The van der Waals surface area contributed by atoms with Crippen LogP contribution in [0.2, 0.25) is 0 Å². The quantitative estimate of drug-likeness (QED) is 0.846. The molecule has 1 saturated heterocycles. The molecular weight excluding hydrogens is 328 g/mol. The van der Waals surface area contributed by atoms with Crippen molar-refractivity contribution in [3.8, 4) is 0 Å². The van der Waals surface area contributed by atoms with E-state index in [-0.39, 0.29) is 17.2 Å². The van der Waals surface area contributed by atoms with Crippen molar-refractivity contribution in [1.29, 1.82) is 0 Å². The van der Waals surface area contributed by atoms with E-state index in [1.165, 1.54) is 0 Å². The molecule has 0 saturated carbocycles. The molecule has 1 N–H and O–H groups in total. The van der Waals surface area contributed by atoms with Crippen molar-refractivity contribution in [2.24, 2.45) is 5.92 Å². The number of rotatable bonds is 2. The number of amides is 1. The van der Waals surface area contributed by atoms with Crippen molar-refractivity contribution in [1.82, 2.24) is 5.32 Å². The number of benzene rings is 1. The molecule has 0 aliphatic carbocycles. The Balaban J connectivity index is 1.71.